The molecule has 1 atom stereocenters. The zero-order valence-electron chi connectivity index (χ0n) is 45.1. The number of carbonyl (C=O) groups excluding carboxylic acids is 3. The van der Waals surface area contributed by atoms with Crippen molar-refractivity contribution in [1.29, 1.82) is 0 Å². The van der Waals surface area contributed by atoms with Crippen LogP contribution in [-0.2, 0) is 28.6 Å². The van der Waals surface area contributed by atoms with E-state index in [9.17, 15) is 14.4 Å². The number of unbranched alkanes of at least 4 members (excludes halogenated alkanes) is 32. The van der Waals surface area contributed by atoms with Crippen LogP contribution in [0.25, 0.3) is 0 Å². The van der Waals surface area contributed by atoms with E-state index in [0.717, 1.165) is 89.9 Å². The van der Waals surface area contributed by atoms with Crippen LogP contribution in [0, 0.1) is 0 Å². The number of esters is 3. The maximum absolute atomic E-state index is 12.9. The summed E-state index contributed by atoms with van der Waals surface area (Å²) in [5, 5.41) is 0. The maximum atomic E-state index is 12.9. The van der Waals surface area contributed by atoms with Crippen molar-refractivity contribution in [1.82, 2.24) is 0 Å². The van der Waals surface area contributed by atoms with Crippen LogP contribution in [0.1, 0.15) is 297 Å². The van der Waals surface area contributed by atoms with Crippen LogP contribution in [0.5, 0.6) is 0 Å². The fourth-order valence-electron chi connectivity index (χ4n) is 8.26. The molecule has 68 heavy (non-hydrogen) atoms. The second kappa shape index (κ2) is 56.7. The third-order valence-corrected chi connectivity index (χ3v) is 12.7. The summed E-state index contributed by atoms with van der Waals surface area (Å²) in [6, 6.07) is 0. The molecule has 0 bridgehead atoms. The molecular formula is C62H110O6. The average Bonchev–Trinajstić information content (AvgIpc) is 3.34. The van der Waals surface area contributed by atoms with Gasteiger partial charge >= 0.3 is 17.9 Å². The van der Waals surface area contributed by atoms with Gasteiger partial charge in [-0.25, -0.2) is 0 Å². The first-order valence-electron chi connectivity index (χ1n) is 29.3. The van der Waals surface area contributed by atoms with E-state index in [0.29, 0.717) is 19.3 Å². The molecule has 6 heteroatoms. The number of ether oxygens (including phenoxy) is 3. The number of hydrogen-bond donors (Lipinski definition) is 0. The van der Waals surface area contributed by atoms with Gasteiger partial charge in [-0.15, -0.1) is 0 Å². The summed E-state index contributed by atoms with van der Waals surface area (Å²) in [6.07, 6.45) is 70.6. The summed E-state index contributed by atoms with van der Waals surface area (Å²) >= 11 is 0. The lowest BCUT2D eigenvalue weighted by molar-refractivity contribution is -0.167. The van der Waals surface area contributed by atoms with Crippen LogP contribution in [0.4, 0.5) is 0 Å². The Hall–Kier alpha value is -2.89. The molecule has 0 aliphatic heterocycles. The summed E-state index contributed by atoms with van der Waals surface area (Å²) in [4.78, 5) is 38.2. The summed E-state index contributed by atoms with van der Waals surface area (Å²) in [6.45, 7) is 6.59. The molecule has 0 aromatic rings. The van der Waals surface area contributed by atoms with Crippen LogP contribution in [0.15, 0.2) is 60.8 Å². The number of allylic oxidation sites excluding steroid dienone is 10. The van der Waals surface area contributed by atoms with Crippen molar-refractivity contribution < 1.29 is 28.6 Å². The van der Waals surface area contributed by atoms with Crippen molar-refractivity contribution in [2.24, 2.45) is 0 Å². The topological polar surface area (TPSA) is 78.9 Å². The Morgan fingerprint density at radius 2 is 0.529 bits per heavy atom. The van der Waals surface area contributed by atoms with E-state index in [4.69, 9.17) is 14.2 Å². The molecule has 6 nitrogen and oxygen atoms in total. The van der Waals surface area contributed by atoms with E-state index in [1.807, 2.05) is 0 Å². The van der Waals surface area contributed by atoms with E-state index in [2.05, 4.69) is 81.5 Å². The fraction of sp³-hybridized carbons (Fsp3) is 0.790. The first-order valence-corrected chi connectivity index (χ1v) is 29.3. The Bertz CT molecular complexity index is 1230. The SMILES string of the molecule is CCCCC/C=C\C/C=C\CCCCCCCCCC(=O)OC[C@@H](COC(=O)CCCCCCC/C=C\CCCCCCCCC)OC(=O)CCCCCCCCC/C=C\C/C=C\CCCCC. The third-order valence-electron chi connectivity index (χ3n) is 12.7. The lowest BCUT2D eigenvalue weighted by atomic mass is 10.1. The summed E-state index contributed by atoms with van der Waals surface area (Å²) < 4.78 is 16.9. The number of carbonyl (C=O) groups is 3. The molecule has 0 aliphatic carbocycles. The minimum absolute atomic E-state index is 0.0834. The van der Waals surface area contributed by atoms with Crippen molar-refractivity contribution in [2.45, 2.75) is 303 Å². The Morgan fingerprint density at radius 1 is 0.294 bits per heavy atom. The van der Waals surface area contributed by atoms with E-state index >= 15 is 0 Å². The maximum Gasteiger partial charge on any atom is 0.306 e. The molecule has 0 heterocycles. The molecule has 0 saturated carbocycles. The molecule has 0 aliphatic rings. The van der Waals surface area contributed by atoms with Crippen LogP contribution < -0.4 is 0 Å². The van der Waals surface area contributed by atoms with E-state index < -0.39 is 6.10 Å². The standard InChI is InChI=1S/C62H110O6/c1-4-7-10-13-16-19-22-25-28-31-34-37-40-43-46-49-52-55-61(64)67-58-59(57-66-60(63)54-51-48-45-42-39-36-33-30-27-24-21-18-15-12-9-6-3)68-62(65)56-53-50-47-44-41-38-35-32-29-26-23-20-17-14-11-8-5-2/h16-17,19-20,25-26,28-30,33,59H,4-15,18,21-24,27,31-32,34-58H2,1-3H3/b19-16-,20-17-,28-25-,29-26-,33-30-/t59-/m1/s1. The zero-order valence-corrected chi connectivity index (χ0v) is 45.1. The highest BCUT2D eigenvalue weighted by molar-refractivity contribution is 5.71. The van der Waals surface area contributed by atoms with Gasteiger partial charge in [0.15, 0.2) is 6.10 Å². The normalized spacial score (nSPS) is 12.5. The second-order valence-electron chi connectivity index (χ2n) is 19.5. The fourth-order valence-corrected chi connectivity index (χ4v) is 8.26. The Kier molecular flexibility index (Phi) is 54.3. The van der Waals surface area contributed by atoms with Crippen LogP contribution >= 0.6 is 0 Å². The summed E-state index contributed by atoms with van der Waals surface area (Å²) in [5.41, 5.74) is 0. The van der Waals surface area contributed by atoms with Gasteiger partial charge in [0.2, 0.25) is 0 Å². The van der Waals surface area contributed by atoms with Gasteiger partial charge in [-0.2, -0.15) is 0 Å². The summed E-state index contributed by atoms with van der Waals surface area (Å²) in [7, 11) is 0. The van der Waals surface area contributed by atoms with Crippen LogP contribution in [0.3, 0.4) is 0 Å². The molecule has 0 unspecified atom stereocenters. The number of rotatable bonds is 53. The van der Waals surface area contributed by atoms with Gasteiger partial charge in [0.05, 0.1) is 0 Å². The zero-order chi connectivity index (χ0) is 49.3. The molecular weight excluding hydrogens is 841 g/mol. The highest BCUT2D eigenvalue weighted by Gasteiger charge is 2.19. The first kappa shape index (κ1) is 65.1. The van der Waals surface area contributed by atoms with Crippen molar-refractivity contribution >= 4 is 17.9 Å². The highest BCUT2D eigenvalue weighted by Crippen LogP contribution is 2.15. The highest BCUT2D eigenvalue weighted by atomic mass is 16.6. The monoisotopic (exact) mass is 951 g/mol. The van der Waals surface area contributed by atoms with Gasteiger partial charge in [0, 0.05) is 19.3 Å². The molecule has 0 aromatic carbocycles. The predicted octanol–water partition coefficient (Wildman–Crippen LogP) is 19.6. The van der Waals surface area contributed by atoms with E-state index in [1.54, 1.807) is 0 Å². The third kappa shape index (κ3) is 54.1. The quantitative estimate of drug-likeness (QED) is 0.0262. The molecule has 0 amide bonds. The molecule has 0 radical (unpaired) electrons. The molecule has 394 valence electrons. The molecule has 0 aromatic heterocycles. The minimum atomic E-state index is -0.785. The van der Waals surface area contributed by atoms with Gasteiger partial charge in [-0.3, -0.25) is 14.4 Å². The lowest BCUT2D eigenvalue weighted by Crippen LogP contribution is -2.30. The Labute approximate surface area is 421 Å². The smallest absolute Gasteiger partial charge is 0.306 e. The molecule has 0 rings (SSSR count). The molecule has 0 fully saturated rings. The van der Waals surface area contributed by atoms with Crippen molar-refractivity contribution in [3.8, 4) is 0 Å². The minimum Gasteiger partial charge on any atom is -0.462 e. The van der Waals surface area contributed by atoms with Gasteiger partial charge < -0.3 is 14.2 Å². The predicted molar refractivity (Wildman–Crippen MR) is 293 cm³/mol. The van der Waals surface area contributed by atoms with Gasteiger partial charge in [-0.05, 0) is 109 Å². The van der Waals surface area contributed by atoms with Gasteiger partial charge in [0.1, 0.15) is 13.2 Å². The summed E-state index contributed by atoms with van der Waals surface area (Å²) in [5.74, 6) is -0.895. The average molecular weight is 952 g/mol. The number of hydrogen-bond acceptors (Lipinski definition) is 6. The Balaban J connectivity index is 4.41. The van der Waals surface area contributed by atoms with Crippen molar-refractivity contribution in [3.05, 3.63) is 60.8 Å². The molecule has 0 saturated heterocycles. The van der Waals surface area contributed by atoms with Crippen LogP contribution in [0.2, 0.25) is 0 Å². The molecule has 0 spiro atoms. The molecule has 0 N–H and O–H groups in total. The van der Waals surface area contributed by atoms with E-state index in [1.165, 1.54) is 167 Å². The van der Waals surface area contributed by atoms with Crippen molar-refractivity contribution in [2.75, 3.05) is 13.2 Å². The Morgan fingerprint density at radius 3 is 0.853 bits per heavy atom. The first-order chi connectivity index (χ1) is 33.5. The largest absolute Gasteiger partial charge is 0.462 e. The van der Waals surface area contributed by atoms with Crippen molar-refractivity contribution in [3.63, 3.8) is 0 Å². The van der Waals surface area contributed by atoms with Gasteiger partial charge in [0.25, 0.3) is 0 Å². The lowest BCUT2D eigenvalue weighted by Gasteiger charge is -2.18. The second-order valence-corrected chi connectivity index (χ2v) is 19.5. The van der Waals surface area contributed by atoms with E-state index in [-0.39, 0.29) is 31.1 Å². The van der Waals surface area contributed by atoms with Crippen LogP contribution in [-0.4, -0.2) is 37.2 Å². The van der Waals surface area contributed by atoms with Gasteiger partial charge in [-0.1, -0.05) is 229 Å².